The fourth-order valence-electron chi connectivity index (χ4n) is 4.34. The number of halogens is 1. The van der Waals surface area contributed by atoms with Crippen LogP contribution in [-0.4, -0.2) is 39.7 Å². The fraction of sp³-hybridized carbons (Fsp3) is 0.545. The number of nitrogens with one attached hydrogen (secondary N) is 1. The van der Waals surface area contributed by atoms with Gasteiger partial charge in [0.05, 0.1) is 5.69 Å². The largest absolute Gasteiger partial charge is 0.286 e. The number of rotatable bonds is 7. The first kappa shape index (κ1) is 19.5. The molecule has 0 atom stereocenters. The number of carbonyl (C=O) groups excluding carboxylic acids is 1. The van der Waals surface area contributed by atoms with Gasteiger partial charge in [-0.15, -0.1) is 11.6 Å². The Morgan fingerprint density at radius 3 is 2.79 bits per heavy atom. The third-order valence-electron chi connectivity index (χ3n) is 5.77. The maximum absolute atomic E-state index is 13.0. The number of carbonyl (C=O) groups is 1. The van der Waals surface area contributed by atoms with Crippen molar-refractivity contribution in [2.24, 2.45) is 0 Å². The monoisotopic (exact) mass is 400 g/mol. The van der Waals surface area contributed by atoms with E-state index in [1.807, 2.05) is 5.01 Å². The predicted octanol–water partition coefficient (Wildman–Crippen LogP) is 4.30. The van der Waals surface area contributed by atoms with E-state index in [0.717, 1.165) is 69.4 Å². The van der Waals surface area contributed by atoms with Crippen LogP contribution in [0.1, 0.15) is 65.7 Å². The van der Waals surface area contributed by atoms with Crippen LogP contribution in [0.15, 0.2) is 18.2 Å². The first-order valence-electron chi connectivity index (χ1n) is 10.5. The number of aromatic nitrogens is 2. The number of hydrogen-bond donors (Lipinski definition) is 1. The van der Waals surface area contributed by atoms with Gasteiger partial charge < -0.3 is 0 Å². The van der Waals surface area contributed by atoms with E-state index in [9.17, 15) is 4.79 Å². The molecule has 1 aliphatic heterocycles. The summed E-state index contributed by atoms with van der Waals surface area (Å²) in [6.07, 6.45) is 7.42. The molecule has 1 saturated heterocycles. The van der Waals surface area contributed by atoms with Crippen molar-refractivity contribution in [2.45, 2.75) is 58.4 Å². The molecule has 2 aliphatic rings. The smallest absolute Gasteiger partial charge is 0.283 e. The Labute approximate surface area is 172 Å². The highest BCUT2D eigenvalue weighted by atomic mass is 35.5. The summed E-state index contributed by atoms with van der Waals surface area (Å²) in [5.41, 5.74) is 9.67. The van der Waals surface area contributed by atoms with Crippen molar-refractivity contribution in [2.75, 3.05) is 19.0 Å². The van der Waals surface area contributed by atoms with Crippen molar-refractivity contribution < 1.29 is 4.79 Å². The van der Waals surface area contributed by atoms with E-state index in [0.29, 0.717) is 11.6 Å². The molecule has 0 unspecified atom stereocenters. The Morgan fingerprint density at radius 2 is 2.00 bits per heavy atom. The number of hydrazine groups is 1. The van der Waals surface area contributed by atoms with Crippen LogP contribution in [-0.2, 0) is 13.0 Å². The van der Waals surface area contributed by atoms with Crippen LogP contribution in [0.2, 0.25) is 0 Å². The topological polar surface area (TPSA) is 50.2 Å². The van der Waals surface area contributed by atoms with Gasteiger partial charge in [-0.1, -0.05) is 36.6 Å². The van der Waals surface area contributed by atoms with Gasteiger partial charge in [0.1, 0.15) is 0 Å². The molecule has 1 amide bonds. The van der Waals surface area contributed by atoms with Crippen molar-refractivity contribution in [3.05, 3.63) is 40.6 Å². The highest BCUT2D eigenvalue weighted by molar-refractivity contribution is 6.17. The lowest BCUT2D eigenvalue weighted by Gasteiger charge is -2.26. The number of aryl methyl sites for hydroxylation is 2. The van der Waals surface area contributed by atoms with Gasteiger partial charge >= 0.3 is 0 Å². The zero-order valence-corrected chi connectivity index (χ0v) is 17.4. The molecule has 1 N–H and O–H groups in total. The highest BCUT2D eigenvalue weighted by Crippen LogP contribution is 2.39. The quantitative estimate of drug-likeness (QED) is 0.475. The summed E-state index contributed by atoms with van der Waals surface area (Å²) in [5, 5.41) is 6.81. The lowest BCUT2D eigenvalue weighted by Crippen LogP contribution is -2.45. The summed E-state index contributed by atoms with van der Waals surface area (Å²) in [6, 6.07) is 6.56. The van der Waals surface area contributed by atoms with Crippen LogP contribution in [0, 0.1) is 6.92 Å². The molecule has 1 aromatic heterocycles. The lowest BCUT2D eigenvalue weighted by molar-refractivity contribution is 0.0743. The maximum atomic E-state index is 13.0. The molecule has 0 bridgehead atoms. The Kier molecular flexibility index (Phi) is 6.02. The van der Waals surface area contributed by atoms with Gasteiger partial charge in [-0.05, 0) is 38.2 Å². The molecule has 2 heterocycles. The van der Waals surface area contributed by atoms with Crippen LogP contribution in [0.25, 0.3) is 11.3 Å². The summed E-state index contributed by atoms with van der Waals surface area (Å²) >= 11 is 5.82. The van der Waals surface area contributed by atoms with E-state index in [1.165, 1.54) is 23.1 Å². The minimum absolute atomic E-state index is 0.0674. The molecule has 4 rings (SSSR count). The Balaban J connectivity index is 1.61. The molecule has 28 heavy (non-hydrogen) atoms. The van der Waals surface area contributed by atoms with Crippen LogP contribution in [0.5, 0.6) is 0 Å². The normalized spacial score (nSPS) is 16.1. The zero-order chi connectivity index (χ0) is 19.5. The van der Waals surface area contributed by atoms with Crippen LogP contribution < -0.4 is 5.43 Å². The third-order valence-corrected chi connectivity index (χ3v) is 6.04. The lowest BCUT2D eigenvalue weighted by atomic mass is 10.1. The fourth-order valence-corrected chi connectivity index (χ4v) is 4.53. The molecule has 1 aromatic carbocycles. The van der Waals surface area contributed by atoms with E-state index in [4.69, 9.17) is 16.7 Å². The molecule has 150 valence electrons. The molecule has 5 nitrogen and oxygen atoms in total. The molecule has 0 radical (unpaired) electrons. The van der Waals surface area contributed by atoms with Gasteiger partial charge in [0.25, 0.3) is 5.91 Å². The van der Waals surface area contributed by atoms with Crippen molar-refractivity contribution in [3.8, 4) is 11.3 Å². The molecule has 6 heteroatoms. The van der Waals surface area contributed by atoms with E-state index < -0.39 is 0 Å². The average Bonchev–Trinajstić information content (AvgIpc) is 3.23. The molecule has 0 spiro atoms. The third kappa shape index (κ3) is 3.96. The van der Waals surface area contributed by atoms with Gasteiger partial charge in [0.15, 0.2) is 5.69 Å². The summed E-state index contributed by atoms with van der Waals surface area (Å²) in [6.45, 7) is 4.79. The first-order chi connectivity index (χ1) is 13.7. The van der Waals surface area contributed by atoms with Gasteiger partial charge in [-0.25, -0.2) is 5.01 Å². The van der Waals surface area contributed by atoms with Crippen molar-refractivity contribution in [3.63, 3.8) is 0 Å². The van der Waals surface area contributed by atoms with Gasteiger partial charge in [0.2, 0.25) is 0 Å². The number of hydrogen-bond acceptors (Lipinski definition) is 3. The maximum Gasteiger partial charge on any atom is 0.286 e. The summed E-state index contributed by atoms with van der Waals surface area (Å²) in [5.74, 6) is 0.630. The van der Waals surface area contributed by atoms with E-state index >= 15 is 0 Å². The van der Waals surface area contributed by atoms with Gasteiger partial charge in [-0.2, -0.15) is 5.10 Å². The van der Waals surface area contributed by atoms with E-state index in [-0.39, 0.29) is 5.91 Å². The Morgan fingerprint density at radius 1 is 1.18 bits per heavy atom. The molecule has 1 fully saturated rings. The predicted molar refractivity (Wildman–Crippen MR) is 113 cm³/mol. The second kappa shape index (κ2) is 8.66. The zero-order valence-electron chi connectivity index (χ0n) is 16.6. The SMILES string of the molecule is Cc1ccc2c(c1)Cc1c(C(=O)NN3CCCCC3)nn(CCCCCCl)c1-2. The number of piperidine rings is 1. The number of fused-ring (bicyclic) bond motifs is 3. The minimum Gasteiger partial charge on any atom is -0.283 e. The number of unbranched alkanes of at least 4 members (excludes halogenated alkanes) is 2. The second-order valence-electron chi connectivity index (χ2n) is 7.97. The Hall–Kier alpha value is -1.85. The van der Waals surface area contributed by atoms with Crippen LogP contribution >= 0.6 is 11.6 Å². The standard InChI is InChI=1S/C22H29ClN4O/c1-16-8-9-18-17(14-16)15-19-20(22(28)25-26-11-5-3-6-12-26)24-27(21(18)19)13-7-2-4-10-23/h8-9,14H,2-7,10-13,15H2,1H3,(H,25,28). The second-order valence-corrected chi connectivity index (χ2v) is 8.35. The number of alkyl halides is 1. The van der Waals surface area contributed by atoms with E-state index in [2.05, 4.69) is 35.2 Å². The summed E-state index contributed by atoms with van der Waals surface area (Å²) < 4.78 is 2.05. The minimum atomic E-state index is -0.0674. The average molecular weight is 401 g/mol. The van der Waals surface area contributed by atoms with Crippen molar-refractivity contribution >= 4 is 17.5 Å². The Bertz CT molecular complexity index is 854. The number of benzene rings is 1. The van der Waals surface area contributed by atoms with Gasteiger partial charge in [0, 0.05) is 43.1 Å². The van der Waals surface area contributed by atoms with Crippen molar-refractivity contribution in [1.29, 1.82) is 0 Å². The van der Waals surface area contributed by atoms with Crippen LogP contribution in [0.3, 0.4) is 0 Å². The van der Waals surface area contributed by atoms with E-state index in [1.54, 1.807) is 0 Å². The summed E-state index contributed by atoms with van der Waals surface area (Å²) in [7, 11) is 0. The number of nitrogens with zero attached hydrogens (tertiary/aromatic N) is 3. The first-order valence-corrected chi connectivity index (χ1v) is 11.0. The molecule has 2 aromatic rings. The molecular formula is C22H29ClN4O. The van der Waals surface area contributed by atoms with Gasteiger partial charge in [-0.3, -0.25) is 14.9 Å². The molecule has 0 saturated carbocycles. The van der Waals surface area contributed by atoms with Crippen molar-refractivity contribution in [1.82, 2.24) is 20.2 Å². The highest BCUT2D eigenvalue weighted by Gasteiger charge is 2.31. The molecular weight excluding hydrogens is 372 g/mol. The number of amides is 1. The molecule has 1 aliphatic carbocycles. The summed E-state index contributed by atoms with van der Waals surface area (Å²) in [4.78, 5) is 13.0. The van der Waals surface area contributed by atoms with Crippen LogP contribution in [0.4, 0.5) is 0 Å².